The molecule has 0 aliphatic rings. The van der Waals surface area contributed by atoms with Crippen LogP contribution in [0.4, 0.5) is 0 Å². The molecular weight excluding hydrogens is 362 g/mol. The zero-order valence-electron chi connectivity index (χ0n) is 17.1. The van der Waals surface area contributed by atoms with Crippen molar-refractivity contribution in [2.45, 2.75) is 39.5 Å². The predicted octanol–water partition coefficient (Wildman–Crippen LogP) is 5.39. The molecule has 0 radical (unpaired) electrons. The van der Waals surface area contributed by atoms with Crippen LogP contribution in [0.25, 0.3) is 6.08 Å². The second-order valence-electron chi connectivity index (χ2n) is 7.41. The molecule has 2 aromatic rings. The van der Waals surface area contributed by atoms with Gasteiger partial charge in [0.2, 0.25) is 0 Å². The number of unbranched alkanes of at least 4 members (excludes halogenated alkanes) is 1. The van der Waals surface area contributed by atoms with Crippen molar-refractivity contribution in [3.8, 4) is 6.07 Å². The first-order valence-corrected chi connectivity index (χ1v) is 9.89. The summed E-state index contributed by atoms with van der Waals surface area (Å²) in [5.41, 5.74) is 1.60. The number of nitrogens with zero attached hydrogens (tertiary/aromatic N) is 1. The minimum Gasteiger partial charge on any atom is -0.463 e. The molecule has 2 aromatic carbocycles. The van der Waals surface area contributed by atoms with Gasteiger partial charge in [-0.25, -0.2) is 4.79 Å². The molecule has 1 atom stereocenters. The van der Waals surface area contributed by atoms with Gasteiger partial charge in [0.25, 0.3) is 0 Å². The Kier molecular flexibility index (Phi) is 8.36. The summed E-state index contributed by atoms with van der Waals surface area (Å²) in [5.74, 6) is -0.403. The highest BCUT2D eigenvalue weighted by molar-refractivity contribution is 5.96. The highest BCUT2D eigenvalue weighted by Crippen LogP contribution is 2.28. The second-order valence-corrected chi connectivity index (χ2v) is 7.41. The van der Waals surface area contributed by atoms with E-state index in [0.29, 0.717) is 18.6 Å². The Hall–Kier alpha value is -3.19. The van der Waals surface area contributed by atoms with E-state index in [-0.39, 0.29) is 18.2 Å². The number of nitriles is 1. The third kappa shape index (κ3) is 7.38. The van der Waals surface area contributed by atoms with E-state index in [1.54, 1.807) is 25.1 Å². The molecule has 0 aliphatic carbocycles. The largest absolute Gasteiger partial charge is 0.463 e. The fourth-order valence-electron chi connectivity index (χ4n) is 3.01. The maximum Gasteiger partial charge on any atom is 0.330 e. The lowest BCUT2D eigenvalue weighted by Gasteiger charge is -2.21. The molecule has 0 spiro atoms. The van der Waals surface area contributed by atoms with Crippen LogP contribution < -0.4 is 0 Å². The lowest BCUT2D eigenvalue weighted by atomic mass is 9.79. The summed E-state index contributed by atoms with van der Waals surface area (Å²) >= 11 is 0. The summed E-state index contributed by atoms with van der Waals surface area (Å²) in [6.45, 7) is 4.27. The zero-order chi connectivity index (χ0) is 21.1. The van der Waals surface area contributed by atoms with Crippen molar-refractivity contribution in [2.24, 2.45) is 5.41 Å². The van der Waals surface area contributed by atoms with E-state index in [1.165, 1.54) is 6.08 Å². The first-order chi connectivity index (χ1) is 14.0. The van der Waals surface area contributed by atoms with Crippen molar-refractivity contribution >= 4 is 17.8 Å². The number of ketones is 1. The van der Waals surface area contributed by atoms with Crippen molar-refractivity contribution in [3.05, 3.63) is 77.4 Å². The van der Waals surface area contributed by atoms with E-state index < -0.39 is 5.41 Å². The lowest BCUT2D eigenvalue weighted by Crippen LogP contribution is -2.22. The highest BCUT2D eigenvalue weighted by Gasteiger charge is 2.28. The molecule has 4 nitrogen and oxygen atoms in total. The van der Waals surface area contributed by atoms with E-state index in [2.05, 4.69) is 6.07 Å². The van der Waals surface area contributed by atoms with Gasteiger partial charge in [-0.2, -0.15) is 5.26 Å². The van der Waals surface area contributed by atoms with E-state index >= 15 is 0 Å². The molecule has 0 aliphatic heterocycles. The van der Waals surface area contributed by atoms with Gasteiger partial charge in [-0.15, -0.1) is 0 Å². The maximum absolute atomic E-state index is 12.5. The van der Waals surface area contributed by atoms with Crippen LogP contribution in [0.2, 0.25) is 0 Å². The molecule has 4 heteroatoms. The number of hydrogen-bond donors (Lipinski definition) is 0. The third-order valence-electron chi connectivity index (χ3n) is 4.62. The van der Waals surface area contributed by atoms with E-state index in [9.17, 15) is 14.9 Å². The van der Waals surface area contributed by atoms with Crippen molar-refractivity contribution in [1.82, 2.24) is 0 Å². The summed E-state index contributed by atoms with van der Waals surface area (Å²) in [6.07, 6.45) is 5.54. The van der Waals surface area contributed by atoms with Gasteiger partial charge in [-0.05, 0) is 37.0 Å². The molecule has 0 fully saturated rings. The normalized spacial score (nSPS) is 12.9. The summed E-state index contributed by atoms with van der Waals surface area (Å²) in [4.78, 5) is 24.3. The Labute approximate surface area is 172 Å². The minimum absolute atomic E-state index is 0.0412. The SMILES string of the molecule is CCCCOC(=O)/C=C/c1cccc(CC(C)(C#N)CC(=O)c2ccccc2)c1. The van der Waals surface area contributed by atoms with Crippen LogP contribution in [0.1, 0.15) is 54.6 Å². The second kappa shape index (κ2) is 11.0. The molecule has 0 N–H and O–H groups in total. The van der Waals surface area contributed by atoms with Crippen LogP contribution in [-0.4, -0.2) is 18.4 Å². The van der Waals surface area contributed by atoms with Crippen molar-refractivity contribution in [1.29, 1.82) is 5.26 Å². The van der Waals surface area contributed by atoms with Gasteiger partial charge in [0, 0.05) is 18.1 Å². The van der Waals surface area contributed by atoms with Gasteiger partial charge in [0.1, 0.15) is 0 Å². The molecule has 0 saturated carbocycles. The van der Waals surface area contributed by atoms with Crippen LogP contribution in [0.3, 0.4) is 0 Å². The Balaban J connectivity index is 2.04. The lowest BCUT2D eigenvalue weighted by molar-refractivity contribution is -0.137. The van der Waals surface area contributed by atoms with Gasteiger partial charge in [0.15, 0.2) is 5.78 Å². The van der Waals surface area contributed by atoms with Crippen LogP contribution in [0.5, 0.6) is 0 Å². The molecule has 150 valence electrons. The summed E-state index contributed by atoms with van der Waals surface area (Å²) < 4.78 is 5.11. The molecule has 2 rings (SSSR count). The number of rotatable bonds is 10. The first kappa shape index (κ1) is 22.1. The average Bonchev–Trinajstić information content (AvgIpc) is 2.73. The van der Waals surface area contributed by atoms with Crippen LogP contribution in [0, 0.1) is 16.7 Å². The van der Waals surface area contributed by atoms with Crippen LogP contribution in [0.15, 0.2) is 60.7 Å². The first-order valence-electron chi connectivity index (χ1n) is 9.89. The summed E-state index contributed by atoms with van der Waals surface area (Å²) in [6, 6.07) is 19.0. The van der Waals surface area contributed by atoms with Gasteiger partial charge < -0.3 is 4.74 Å². The van der Waals surface area contributed by atoms with Crippen molar-refractivity contribution in [3.63, 3.8) is 0 Å². The fraction of sp³-hybridized carbons (Fsp3) is 0.320. The van der Waals surface area contributed by atoms with Gasteiger partial charge in [0.05, 0.1) is 18.1 Å². The summed E-state index contributed by atoms with van der Waals surface area (Å²) in [5, 5.41) is 9.71. The molecule has 0 aromatic heterocycles. The number of carbonyl (C=O) groups excluding carboxylic acids is 2. The Bertz CT molecular complexity index is 896. The molecule has 0 saturated heterocycles. The number of ether oxygens (including phenoxy) is 1. The van der Waals surface area contributed by atoms with Crippen LogP contribution >= 0.6 is 0 Å². The number of carbonyl (C=O) groups is 2. The molecule has 0 amide bonds. The standard InChI is InChI=1S/C25H27NO3/c1-3-4-15-29-24(28)14-13-20-9-8-10-21(16-20)17-25(2,19-26)18-23(27)22-11-6-5-7-12-22/h5-14,16H,3-4,15,17-18H2,1-2H3/b14-13+. The van der Waals surface area contributed by atoms with E-state index in [4.69, 9.17) is 4.74 Å². The van der Waals surface area contributed by atoms with E-state index in [0.717, 1.165) is 24.0 Å². The molecule has 0 heterocycles. The Morgan fingerprint density at radius 3 is 2.59 bits per heavy atom. The number of esters is 1. The Morgan fingerprint density at radius 2 is 1.90 bits per heavy atom. The van der Waals surface area contributed by atoms with Crippen molar-refractivity contribution < 1.29 is 14.3 Å². The Morgan fingerprint density at radius 1 is 1.14 bits per heavy atom. The smallest absolute Gasteiger partial charge is 0.330 e. The molecule has 1 unspecified atom stereocenters. The quantitative estimate of drug-likeness (QED) is 0.236. The van der Waals surface area contributed by atoms with Crippen molar-refractivity contribution in [2.75, 3.05) is 6.61 Å². The molecular formula is C25H27NO3. The maximum atomic E-state index is 12.5. The minimum atomic E-state index is -0.811. The monoisotopic (exact) mass is 389 g/mol. The molecule has 29 heavy (non-hydrogen) atoms. The van der Waals surface area contributed by atoms with Gasteiger partial charge in [-0.1, -0.05) is 67.9 Å². The number of benzene rings is 2. The van der Waals surface area contributed by atoms with Gasteiger partial charge >= 0.3 is 5.97 Å². The van der Waals surface area contributed by atoms with Crippen LogP contribution in [-0.2, 0) is 16.0 Å². The topological polar surface area (TPSA) is 67.2 Å². The average molecular weight is 389 g/mol. The highest BCUT2D eigenvalue weighted by atomic mass is 16.5. The summed E-state index contributed by atoms with van der Waals surface area (Å²) in [7, 11) is 0. The number of Topliss-reactive ketones (excluding diaryl/α,β-unsaturated/α-hetero) is 1. The predicted molar refractivity (Wildman–Crippen MR) is 114 cm³/mol. The molecule has 0 bridgehead atoms. The van der Waals surface area contributed by atoms with E-state index in [1.807, 2.05) is 49.4 Å². The zero-order valence-corrected chi connectivity index (χ0v) is 17.1. The van der Waals surface area contributed by atoms with Gasteiger partial charge in [-0.3, -0.25) is 4.79 Å². The third-order valence-corrected chi connectivity index (χ3v) is 4.62. The number of hydrogen-bond acceptors (Lipinski definition) is 4. The fourth-order valence-corrected chi connectivity index (χ4v) is 3.01.